The van der Waals surface area contributed by atoms with Crippen LogP contribution in [0.4, 0.5) is 17.6 Å². The standard InChI is InChI=1S/C17H13F4N3O3/c1-9-5-10(2)24(15(25)13(9)7-22)23-8-11-3-4-12(26-16(18)19)6-14(11)27-17(20)21/h3-6,8,16-17H,1-2H3/b23-8+. The fraction of sp³-hybridized carbons (Fsp3) is 0.235. The number of rotatable bonds is 6. The second-order valence-corrected chi connectivity index (χ2v) is 5.27. The van der Waals surface area contributed by atoms with Gasteiger partial charge >= 0.3 is 13.2 Å². The average Bonchev–Trinajstić information content (AvgIpc) is 2.55. The lowest BCUT2D eigenvalue weighted by Gasteiger charge is -2.11. The molecule has 27 heavy (non-hydrogen) atoms. The summed E-state index contributed by atoms with van der Waals surface area (Å²) in [6, 6.07) is 6.46. The van der Waals surface area contributed by atoms with Crippen LogP contribution in [0.2, 0.25) is 0 Å². The van der Waals surface area contributed by atoms with Gasteiger partial charge in [0.15, 0.2) is 0 Å². The van der Waals surface area contributed by atoms with Crippen molar-refractivity contribution in [3.63, 3.8) is 0 Å². The number of aryl methyl sites for hydroxylation is 2. The van der Waals surface area contributed by atoms with Crippen LogP contribution < -0.4 is 15.0 Å². The molecule has 0 saturated carbocycles. The van der Waals surface area contributed by atoms with Gasteiger partial charge in [-0.25, -0.2) is 4.68 Å². The van der Waals surface area contributed by atoms with E-state index in [1.807, 2.05) is 0 Å². The second kappa shape index (κ2) is 8.35. The summed E-state index contributed by atoms with van der Waals surface area (Å²) in [7, 11) is 0. The fourth-order valence-electron chi connectivity index (χ4n) is 2.28. The molecule has 10 heteroatoms. The molecule has 0 amide bonds. The van der Waals surface area contributed by atoms with Crippen molar-refractivity contribution in [2.24, 2.45) is 5.10 Å². The molecule has 0 bridgehead atoms. The molecule has 0 aliphatic carbocycles. The first-order valence-electron chi connectivity index (χ1n) is 7.44. The third-order valence-corrected chi connectivity index (χ3v) is 3.41. The number of halogens is 4. The minimum atomic E-state index is -3.21. The molecule has 2 rings (SSSR count). The summed E-state index contributed by atoms with van der Waals surface area (Å²) >= 11 is 0. The first-order chi connectivity index (χ1) is 12.7. The minimum Gasteiger partial charge on any atom is -0.435 e. The van der Waals surface area contributed by atoms with Crippen LogP contribution in [0.15, 0.2) is 34.2 Å². The van der Waals surface area contributed by atoms with Gasteiger partial charge in [0.25, 0.3) is 5.56 Å². The summed E-state index contributed by atoms with van der Waals surface area (Å²) in [6.07, 6.45) is 1.04. The lowest BCUT2D eigenvalue weighted by Crippen LogP contribution is -2.22. The normalized spacial score (nSPS) is 11.2. The van der Waals surface area contributed by atoms with Gasteiger partial charge in [-0.05, 0) is 37.6 Å². The maximum atomic E-state index is 12.6. The molecule has 0 radical (unpaired) electrons. The van der Waals surface area contributed by atoms with Crippen molar-refractivity contribution >= 4 is 6.21 Å². The number of aromatic nitrogens is 1. The highest BCUT2D eigenvalue weighted by atomic mass is 19.3. The summed E-state index contributed by atoms with van der Waals surface area (Å²) in [5.74, 6) is -0.849. The van der Waals surface area contributed by atoms with Crippen molar-refractivity contribution in [2.45, 2.75) is 27.1 Å². The molecule has 0 atom stereocenters. The molecule has 0 spiro atoms. The third-order valence-electron chi connectivity index (χ3n) is 3.41. The zero-order valence-electron chi connectivity index (χ0n) is 14.1. The highest BCUT2D eigenvalue weighted by Crippen LogP contribution is 2.26. The summed E-state index contributed by atoms with van der Waals surface area (Å²) in [6.45, 7) is -3.18. The largest absolute Gasteiger partial charge is 0.435 e. The number of nitriles is 1. The van der Waals surface area contributed by atoms with Gasteiger partial charge in [0.05, 0.1) is 6.21 Å². The highest BCUT2D eigenvalue weighted by Gasteiger charge is 2.13. The summed E-state index contributed by atoms with van der Waals surface area (Å²) in [5.41, 5.74) is 0.0772. The van der Waals surface area contributed by atoms with Crippen molar-refractivity contribution in [3.05, 3.63) is 57.0 Å². The maximum absolute atomic E-state index is 12.6. The predicted octanol–water partition coefficient (Wildman–Crippen LogP) is 3.42. The lowest BCUT2D eigenvalue weighted by molar-refractivity contribution is -0.0543. The van der Waals surface area contributed by atoms with Crippen LogP contribution in [0.3, 0.4) is 0 Å². The first kappa shape index (κ1) is 20.0. The Hall–Kier alpha value is -3.35. The van der Waals surface area contributed by atoms with Gasteiger partial charge in [0.1, 0.15) is 23.1 Å². The zero-order valence-corrected chi connectivity index (χ0v) is 14.1. The molecule has 0 unspecified atom stereocenters. The second-order valence-electron chi connectivity index (χ2n) is 5.27. The van der Waals surface area contributed by atoms with E-state index in [2.05, 4.69) is 14.6 Å². The van der Waals surface area contributed by atoms with Crippen molar-refractivity contribution in [1.82, 2.24) is 4.68 Å². The van der Waals surface area contributed by atoms with E-state index in [1.165, 1.54) is 6.07 Å². The number of hydrogen-bond donors (Lipinski definition) is 0. The smallest absolute Gasteiger partial charge is 0.387 e. The molecule has 0 aliphatic rings. The third kappa shape index (κ3) is 4.84. The van der Waals surface area contributed by atoms with Gasteiger partial charge in [-0.3, -0.25) is 4.79 Å². The molecule has 6 nitrogen and oxygen atoms in total. The molecule has 1 aromatic carbocycles. The topological polar surface area (TPSA) is 76.6 Å². The molecule has 142 valence electrons. The lowest BCUT2D eigenvalue weighted by atomic mass is 10.1. The van der Waals surface area contributed by atoms with E-state index in [-0.39, 0.29) is 16.9 Å². The van der Waals surface area contributed by atoms with Gasteiger partial charge in [-0.15, -0.1) is 0 Å². The maximum Gasteiger partial charge on any atom is 0.387 e. The van der Waals surface area contributed by atoms with E-state index >= 15 is 0 Å². The molecule has 0 N–H and O–H groups in total. The Bertz CT molecular complexity index is 965. The predicted molar refractivity (Wildman–Crippen MR) is 87.6 cm³/mol. The Balaban J connectivity index is 2.48. The first-order valence-corrected chi connectivity index (χ1v) is 7.44. The van der Waals surface area contributed by atoms with Gasteiger partial charge in [0, 0.05) is 17.3 Å². The Morgan fingerprint density at radius 2 is 1.81 bits per heavy atom. The van der Waals surface area contributed by atoms with Gasteiger partial charge < -0.3 is 9.47 Å². The van der Waals surface area contributed by atoms with Crippen molar-refractivity contribution in [3.8, 4) is 17.6 Å². The van der Waals surface area contributed by atoms with Gasteiger partial charge in [-0.1, -0.05) is 0 Å². The Morgan fingerprint density at radius 1 is 1.15 bits per heavy atom. The molecule has 0 fully saturated rings. The van der Waals surface area contributed by atoms with Crippen molar-refractivity contribution in [2.75, 3.05) is 0 Å². The van der Waals surface area contributed by atoms with E-state index in [4.69, 9.17) is 5.26 Å². The molecule has 1 heterocycles. The van der Waals surface area contributed by atoms with Gasteiger partial charge in [0.2, 0.25) is 0 Å². The molecule has 2 aromatic rings. The molecule has 0 aliphatic heterocycles. The quantitative estimate of drug-likeness (QED) is 0.566. The minimum absolute atomic E-state index is 0.0118. The Morgan fingerprint density at radius 3 is 2.41 bits per heavy atom. The molecule has 1 aromatic heterocycles. The number of ether oxygens (including phenoxy) is 2. The van der Waals surface area contributed by atoms with E-state index in [9.17, 15) is 22.4 Å². The Labute approximate surface area is 150 Å². The van der Waals surface area contributed by atoms with Crippen LogP contribution in [0.25, 0.3) is 0 Å². The van der Waals surface area contributed by atoms with Crippen LogP contribution >= 0.6 is 0 Å². The van der Waals surface area contributed by atoms with E-state index in [0.717, 1.165) is 23.0 Å². The van der Waals surface area contributed by atoms with E-state index in [1.54, 1.807) is 26.0 Å². The van der Waals surface area contributed by atoms with E-state index in [0.29, 0.717) is 11.3 Å². The van der Waals surface area contributed by atoms with Crippen molar-refractivity contribution < 1.29 is 27.0 Å². The van der Waals surface area contributed by atoms with E-state index < -0.39 is 24.5 Å². The number of pyridine rings is 1. The van der Waals surface area contributed by atoms with Crippen molar-refractivity contribution in [1.29, 1.82) is 5.26 Å². The monoisotopic (exact) mass is 383 g/mol. The number of benzene rings is 1. The van der Waals surface area contributed by atoms with Crippen LogP contribution in [0.1, 0.15) is 22.4 Å². The Kier molecular flexibility index (Phi) is 6.18. The summed E-state index contributed by atoms with van der Waals surface area (Å²) in [5, 5.41) is 12.9. The number of hydrogen-bond acceptors (Lipinski definition) is 5. The average molecular weight is 383 g/mol. The molecular formula is C17H13F4N3O3. The summed E-state index contributed by atoms with van der Waals surface area (Å²) in [4.78, 5) is 12.3. The number of nitrogens with zero attached hydrogens (tertiary/aromatic N) is 3. The molecule has 0 saturated heterocycles. The zero-order chi connectivity index (χ0) is 20.1. The van der Waals surface area contributed by atoms with Crippen LogP contribution in [0.5, 0.6) is 11.5 Å². The highest BCUT2D eigenvalue weighted by molar-refractivity contribution is 5.84. The van der Waals surface area contributed by atoms with Crippen LogP contribution in [-0.4, -0.2) is 24.1 Å². The fourth-order valence-corrected chi connectivity index (χ4v) is 2.28. The van der Waals surface area contributed by atoms with Crippen LogP contribution in [-0.2, 0) is 0 Å². The number of alkyl halides is 4. The van der Waals surface area contributed by atoms with Crippen LogP contribution in [0, 0.1) is 25.2 Å². The SMILES string of the molecule is Cc1cc(C)n(/N=C/c2ccc(OC(F)F)cc2OC(F)F)c(=O)c1C#N. The van der Waals surface area contributed by atoms with Gasteiger partial charge in [-0.2, -0.15) is 27.9 Å². The summed E-state index contributed by atoms with van der Waals surface area (Å²) < 4.78 is 59.1. The molecular weight excluding hydrogens is 370 g/mol.